The molecule has 5 nitrogen and oxygen atoms in total. The summed E-state index contributed by atoms with van der Waals surface area (Å²) in [5.74, 6) is -0.241. The van der Waals surface area contributed by atoms with Gasteiger partial charge in [-0.2, -0.15) is 0 Å². The fourth-order valence-electron chi connectivity index (χ4n) is 1.79. The fraction of sp³-hybridized carbons (Fsp3) is 0.200. The minimum absolute atomic E-state index is 0.0377. The van der Waals surface area contributed by atoms with E-state index in [0.717, 1.165) is 12.1 Å². The molecule has 0 aliphatic carbocycles. The van der Waals surface area contributed by atoms with Crippen molar-refractivity contribution in [3.05, 3.63) is 64.0 Å². The normalized spacial score (nSPS) is 10.4. The average molecular weight is 290 g/mol. The van der Waals surface area contributed by atoms with Gasteiger partial charge in [0, 0.05) is 12.6 Å². The Hall–Kier alpha value is -2.47. The van der Waals surface area contributed by atoms with E-state index < -0.39 is 10.7 Å². The van der Waals surface area contributed by atoms with Crippen LogP contribution in [-0.2, 0) is 6.54 Å². The maximum Gasteiger partial charge on any atom is 0.273 e. The second-order valence-electron chi connectivity index (χ2n) is 4.40. The van der Waals surface area contributed by atoms with Gasteiger partial charge in [-0.1, -0.05) is 19.1 Å². The van der Waals surface area contributed by atoms with Gasteiger partial charge in [-0.15, -0.1) is 0 Å². The van der Waals surface area contributed by atoms with Gasteiger partial charge >= 0.3 is 0 Å². The van der Waals surface area contributed by atoms with Crippen LogP contribution in [0.15, 0.2) is 42.5 Å². The van der Waals surface area contributed by atoms with Crippen LogP contribution in [0.3, 0.4) is 0 Å². The van der Waals surface area contributed by atoms with Crippen molar-refractivity contribution < 1.29 is 14.1 Å². The van der Waals surface area contributed by atoms with Crippen molar-refractivity contribution in [3.63, 3.8) is 0 Å². The molecule has 0 saturated carbocycles. The Morgan fingerprint density at radius 1 is 1.29 bits per heavy atom. The minimum atomic E-state index is -0.525. The van der Waals surface area contributed by atoms with E-state index in [4.69, 9.17) is 4.74 Å². The first-order valence-electron chi connectivity index (χ1n) is 6.51. The number of rotatable bonds is 6. The summed E-state index contributed by atoms with van der Waals surface area (Å²) in [6.45, 7) is 3.34. The quantitative estimate of drug-likeness (QED) is 0.651. The molecule has 1 N–H and O–H groups in total. The molecule has 0 radical (unpaired) electrons. The smallest absolute Gasteiger partial charge is 0.273 e. The summed E-state index contributed by atoms with van der Waals surface area (Å²) in [6, 6.07) is 10.3. The van der Waals surface area contributed by atoms with Crippen molar-refractivity contribution in [2.24, 2.45) is 0 Å². The summed E-state index contributed by atoms with van der Waals surface area (Å²) in [5.41, 5.74) is 0.706. The monoisotopic (exact) mass is 290 g/mol. The Bertz CT molecular complexity index is 647. The molecule has 0 unspecified atom stereocenters. The third kappa shape index (κ3) is 4.00. The Balaban J connectivity index is 2.16. The van der Waals surface area contributed by atoms with Gasteiger partial charge in [-0.05, 0) is 30.3 Å². The Morgan fingerprint density at radius 3 is 2.76 bits per heavy atom. The van der Waals surface area contributed by atoms with Gasteiger partial charge in [-0.3, -0.25) is 10.1 Å². The number of nitrogens with one attached hydrogen (secondary N) is 1. The fourth-order valence-corrected chi connectivity index (χ4v) is 1.79. The number of hydrogen-bond donors (Lipinski definition) is 1. The number of nitro benzene ring substituents is 1. The summed E-state index contributed by atoms with van der Waals surface area (Å²) in [4.78, 5) is 10.2. The number of halogens is 1. The predicted octanol–water partition coefficient (Wildman–Crippen LogP) is 3.64. The van der Waals surface area contributed by atoms with E-state index in [9.17, 15) is 14.5 Å². The Kier molecular flexibility index (Phi) is 4.84. The van der Waals surface area contributed by atoms with Gasteiger partial charge in [0.2, 0.25) is 0 Å². The molecule has 2 aromatic rings. The van der Waals surface area contributed by atoms with Crippen LogP contribution in [0.5, 0.6) is 11.5 Å². The lowest BCUT2D eigenvalue weighted by Gasteiger charge is -2.08. The van der Waals surface area contributed by atoms with Crippen LogP contribution in [0.2, 0.25) is 0 Å². The summed E-state index contributed by atoms with van der Waals surface area (Å²) in [5, 5.41) is 13.8. The predicted molar refractivity (Wildman–Crippen MR) is 77.0 cm³/mol. The largest absolute Gasteiger partial charge is 0.454 e. The van der Waals surface area contributed by atoms with Crippen molar-refractivity contribution in [1.82, 2.24) is 5.32 Å². The topological polar surface area (TPSA) is 64.4 Å². The van der Waals surface area contributed by atoms with Crippen LogP contribution < -0.4 is 10.1 Å². The standard InChI is InChI=1S/C15H15FN2O3/c1-2-17-10-11-6-7-15(14(16)8-11)21-13-5-3-4-12(9-13)18(19)20/h3-9,17H,2,10H2,1H3. The lowest BCUT2D eigenvalue weighted by molar-refractivity contribution is -0.384. The molecule has 0 aliphatic heterocycles. The van der Waals surface area contributed by atoms with Crippen molar-refractivity contribution in [3.8, 4) is 11.5 Å². The van der Waals surface area contributed by atoms with Crippen LogP contribution in [0.4, 0.5) is 10.1 Å². The van der Waals surface area contributed by atoms with Crippen molar-refractivity contribution in [2.45, 2.75) is 13.5 Å². The highest BCUT2D eigenvalue weighted by Crippen LogP contribution is 2.27. The van der Waals surface area contributed by atoms with Crippen LogP contribution in [0.1, 0.15) is 12.5 Å². The third-order valence-corrected chi connectivity index (χ3v) is 2.83. The molecule has 0 aliphatic rings. The molecule has 2 aromatic carbocycles. The van der Waals surface area contributed by atoms with E-state index in [-0.39, 0.29) is 17.2 Å². The summed E-state index contributed by atoms with van der Waals surface area (Å²) < 4.78 is 19.3. The molecule has 0 amide bonds. The number of nitrogens with zero attached hydrogens (tertiary/aromatic N) is 1. The summed E-state index contributed by atoms with van der Waals surface area (Å²) in [6.07, 6.45) is 0. The SMILES string of the molecule is CCNCc1ccc(Oc2cccc([N+](=O)[O-])c2)c(F)c1. The van der Waals surface area contributed by atoms with Crippen molar-refractivity contribution in [1.29, 1.82) is 0 Å². The van der Waals surface area contributed by atoms with Gasteiger partial charge in [0.05, 0.1) is 11.0 Å². The number of non-ortho nitro benzene ring substituents is 1. The van der Waals surface area contributed by atoms with Crippen LogP contribution in [0.25, 0.3) is 0 Å². The molecule has 0 saturated heterocycles. The molecular weight excluding hydrogens is 275 g/mol. The highest BCUT2D eigenvalue weighted by Gasteiger charge is 2.10. The molecule has 110 valence electrons. The first kappa shape index (κ1) is 14.9. The molecule has 0 bridgehead atoms. The number of ether oxygens (including phenoxy) is 1. The molecule has 0 fully saturated rings. The van der Waals surface area contributed by atoms with Crippen LogP contribution in [-0.4, -0.2) is 11.5 Å². The molecule has 6 heteroatoms. The third-order valence-electron chi connectivity index (χ3n) is 2.83. The van der Waals surface area contributed by atoms with E-state index in [0.29, 0.717) is 6.54 Å². The maximum absolute atomic E-state index is 13.9. The molecule has 0 heterocycles. The highest BCUT2D eigenvalue weighted by molar-refractivity contribution is 5.41. The van der Waals surface area contributed by atoms with E-state index in [2.05, 4.69) is 5.32 Å². The minimum Gasteiger partial charge on any atom is -0.454 e. The Labute approximate surface area is 121 Å². The van der Waals surface area contributed by atoms with Gasteiger partial charge in [0.1, 0.15) is 5.75 Å². The van der Waals surface area contributed by atoms with Gasteiger partial charge in [-0.25, -0.2) is 4.39 Å². The molecular formula is C15H15FN2O3. The highest BCUT2D eigenvalue weighted by atomic mass is 19.1. The molecule has 0 aromatic heterocycles. The van der Waals surface area contributed by atoms with E-state index >= 15 is 0 Å². The van der Waals surface area contributed by atoms with E-state index in [1.165, 1.54) is 30.3 Å². The summed E-state index contributed by atoms with van der Waals surface area (Å²) >= 11 is 0. The van der Waals surface area contributed by atoms with Gasteiger partial charge in [0.25, 0.3) is 5.69 Å². The van der Waals surface area contributed by atoms with E-state index in [1.807, 2.05) is 6.92 Å². The van der Waals surface area contributed by atoms with Crippen LogP contribution >= 0.6 is 0 Å². The lowest BCUT2D eigenvalue weighted by atomic mass is 10.2. The van der Waals surface area contributed by atoms with Gasteiger partial charge in [0.15, 0.2) is 11.6 Å². The van der Waals surface area contributed by atoms with Crippen molar-refractivity contribution >= 4 is 5.69 Å². The number of hydrogen-bond acceptors (Lipinski definition) is 4. The molecule has 0 spiro atoms. The van der Waals surface area contributed by atoms with Gasteiger partial charge < -0.3 is 10.1 Å². The zero-order valence-electron chi connectivity index (χ0n) is 11.5. The number of benzene rings is 2. The lowest BCUT2D eigenvalue weighted by Crippen LogP contribution is -2.11. The number of nitro groups is 1. The zero-order valence-corrected chi connectivity index (χ0v) is 11.5. The van der Waals surface area contributed by atoms with Crippen LogP contribution in [0, 0.1) is 15.9 Å². The van der Waals surface area contributed by atoms with E-state index in [1.54, 1.807) is 12.1 Å². The average Bonchev–Trinajstić information content (AvgIpc) is 2.48. The molecule has 2 rings (SSSR count). The first-order valence-corrected chi connectivity index (χ1v) is 6.51. The molecule has 0 atom stereocenters. The zero-order chi connectivity index (χ0) is 15.2. The second kappa shape index (κ2) is 6.81. The first-order chi connectivity index (χ1) is 10.1. The second-order valence-corrected chi connectivity index (χ2v) is 4.40. The molecule has 21 heavy (non-hydrogen) atoms. The van der Waals surface area contributed by atoms with Crippen molar-refractivity contribution in [2.75, 3.05) is 6.54 Å². The Morgan fingerprint density at radius 2 is 2.10 bits per heavy atom. The maximum atomic E-state index is 13.9. The summed E-state index contributed by atoms with van der Waals surface area (Å²) in [7, 11) is 0.